The largest absolute Gasteiger partial charge is 0.496 e. The van der Waals surface area contributed by atoms with Crippen molar-refractivity contribution in [2.45, 2.75) is 32.9 Å². The van der Waals surface area contributed by atoms with Crippen LogP contribution in [0, 0.1) is 0 Å². The Hall–Kier alpha value is -4.69. The van der Waals surface area contributed by atoms with E-state index in [1.807, 2.05) is 84.9 Å². The molecule has 42 heavy (non-hydrogen) atoms. The number of methoxy groups -OCH3 is 1. The maximum absolute atomic E-state index is 14.0. The highest BCUT2D eigenvalue weighted by Crippen LogP contribution is 2.35. The number of para-hydroxylation sites is 1. The van der Waals surface area contributed by atoms with E-state index in [2.05, 4.69) is 11.6 Å². The molecule has 2 heterocycles. The lowest BCUT2D eigenvalue weighted by Crippen LogP contribution is -2.40. The summed E-state index contributed by atoms with van der Waals surface area (Å²) in [5.41, 5.74) is 4.14. The van der Waals surface area contributed by atoms with Crippen molar-refractivity contribution in [1.29, 1.82) is 0 Å². The minimum absolute atomic E-state index is 0.205. The number of rotatable bonds is 10. The third kappa shape index (κ3) is 5.85. The standard InChI is InChI=1S/C34H32N2O5S/c1-5-12-25-19-24(17-18-27(25)41-21-23-13-8-7-9-14-23)20-29-32(37)36-31(26-15-10-11-16-28(26)39-4)30(33(38)40-6-2)22(3)35-34(36)42-29/h5,7-11,13-20,31H,1,6,12,21H2,2-4H3/b29-20+/t31-/m1/s1. The summed E-state index contributed by atoms with van der Waals surface area (Å²) in [6.07, 6.45) is 4.29. The predicted octanol–water partition coefficient (Wildman–Crippen LogP) is 5.11. The molecular weight excluding hydrogens is 548 g/mol. The molecule has 1 aliphatic heterocycles. The molecule has 0 spiro atoms. The minimum Gasteiger partial charge on any atom is -0.496 e. The molecule has 5 rings (SSSR count). The van der Waals surface area contributed by atoms with Crippen molar-refractivity contribution in [2.24, 2.45) is 4.99 Å². The number of esters is 1. The maximum Gasteiger partial charge on any atom is 0.338 e. The molecule has 1 atom stereocenters. The Bertz CT molecular complexity index is 1840. The molecule has 0 radical (unpaired) electrons. The summed E-state index contributed by atoms with van der Waals surface area (Å²) in [5, 5.41) is 0. The number of allylic oxidation sites excluding steroid dienone is 2. The fraction of sp³-hybridized carbons (Fsp3) is 0.206. The predicted molar refractivity (Wildman–Crippen MR) is 165 cm³/mol. The summed E-state index contributed by atoms with van der Waals surface area (Å²) in [4.78, 5) is 32.3. The first-order valence-corrected chi connectivity index (χ1v) is 14.5. The van der Waals surface area contributed by atoms with Gasteiger partial charge in [0.1, 0.15) is 24.1 Å². The first-order chi connectivity index (χ1) is 20.4. The highest BCUT2D eigenvalue weighted by molar-refractivity contribution is 7.07. The molecule has 0 N–H and O–H groups in total. The molecule has 0 amide bonds. The second-order valence-corrected chi connectivity index (χ2v) is 10.7. The van der Waals surface area contributed by atoms with E-state index in [9.17, 15) is 9.59 Å². The Kier molecular flexibility index (Phi) is 8.83. The molecule has 0 unspecified atom stereocenters. The number of hydrogen-bond donors (Lipinski definition) is 0. The van der Waals surface area contributed by atoms with E-state index < -0.39 is 12.0 Å². The lowest BCUT2D eigenvalue weighted by Gasteiger charge is -2.25. The van der Waals surface area contributed by atoms with Crippen LogP contribution in [-0.4, -0.2) is 24.3 Å². The van der Waals surface area contributed by atoms with Gasteiger partial charge in [0.15, 0.2) is 4.80 Å². The second kappa shape index (κ2) is 12.9. The minimum atomic E-state index is -0.747. The van der Waals surface area contributed by atoms with Crippen LogP contribution < -0.4 is 24.4 Å². The summed E-state index contributed by atoms with van der Waals surface area (Å²) >= 11 is 1.28. The van der Waals surface area contributed by atoms with Gasteiger partial charge in [-0.3, -0.25) is 9.36 Å². The van der Waals surface area contributed by atoms with Crippen LogP contribution in [-0.2, 0) is 22.6 Å². The van der Waals surface area contributed by atoms with Crippen molar-refractivity contribution in [1.82, 2.24) is 4.57 Å². The normalized spacial score (nSPS) is 14.6. The molecular formula is C34H32N2O5S. The van der Waals surface area contributed by atoms with E-state index in [1.54, 1.807) is 25.5 Å². The molecule has 8 heteroatoms. The zero-order valence-corrected chi connectivity index (χ0v) is 24.6. The topological polar surface area (TPSA) is 79.1 Å². The molecule has 0 saturated carbocycles. The van der Waals surface area contributed by atoms with E-state index in [1.165, 1.54) is 11.3 Å². The Balaban J connectivity index is 1.59. The summed E-state index contributed by atoms with van der Waals surface area (Å²) in [6, 6.07) is 22.5. The number of ether oxygens (including phenoxy) is 3. The van der Waals surface area contributed by atoms with Gasteiger partial charge in [0.05, 0.1) is 29.5 Å². The van der Waals surface area contributed by atoms with Crippen molar-refractivity contribution in [2.75, 3.05) is 13.7 Å². The van der Waals surface area contributed by atoms with Gasteiger partial charge in [-0.05, 0) is 61.2 Å². The van der Waals surface area contributed by atoms with Gasteiger partial charge >= 0.3 is 5.97 Å². The summed E-state index contributed by atoms with van der Waals surface area (Å²) in [7, 11) is 1.57. The molecule has 0 saturated heterocycles. The van der Waals surface area contributed by atoms with Crippen LogP contribution in [0.5, 0.6) is 11.5 Å². The van der Waals surface area contributed by atoms with E-state index in [0.29, 0.717) is 44.9 Å². The summed E-state index contributed by atoms with van der Waals surface area (Å²) in [5.74, 6) is 0.820. The van der Waals surface area contributed by atoms with Crippen LogP contribution in [0.3, 0.4) is 0 Å². The lowest BCUT2D eigenvalue weighted by molar-refractivity contribution is -0.139. The van der Waals surface area contributed by atoms with Crippen LogP contribution in [0.1, 0.15) is 42.1 Å². The zero-order valence-electron chi connectivity index (χ0n) is 23.8. The van der Waals surface area contributed by atoms with Crippen LogP contribution in [0.25, 0.3) is 6.08 Å². The second-order valence-electron chi connectivity index (χ2n) is 9.68. The number of fused-ring (bicyclic) bond motifs is 1. The average Bonchev–Trinajstić information content (AvgIpc) is 3.30. The lowest BCUT2D eigenvalue weighted by atomic mass is 9.95. The van der Waals surface area contributed by atoms with Gasteiger partial charge in [-0.25, -0.2) is 9.79 Å². The van der Waals surface area contributed by atoms with Crippen molar-refractivity contribution < 1.29 is 19.0 Å². The first-order valence-electron chi connectivity index (χ1n) is 13.7. The van der Waals surface area contributed by atoms with Gasteiger partial charge in [0, 0.05) is 5.56 Å². The van der Waals surface area contributed by atoms with E-state index >= 15 is 0 Å². The monoisotopic (exact) mass is 580 g/mol. The third-order valence-corrected chi connectivity index (χ3v) is 7.92. The number of benzene rings is 3. The molecule has 4 aromatic rings. The number of hydrogen-bond acceptors (Lipinski definition) is 7. The van der Waals surface area contributed by atoms with E-state index in [0.717, 1.165) is 22.4 Å². The highest BCUT2D eigenvalue weighted by atomic mass is 32.1. The Morgan fingerprint density at radius 1 is 1.07 bits per heavy atom. The average molecular weight is 581 g/mol. The van der Waals surface area contributed by atoms with Gasteiger partial charge in [-0.2, -0.15) is 0 Å². The number of carbonyl (C=O) groups excluding carboxylic acids is 1. The summed E-state index contributed by atoms with van der Waals surface area (Å²) in [6.45, 7) is 8.07. The third-order valence-electron chi connectivity index (χ3n) is 6.93. The fourth-order valence-corrected chi connectivity index (χ4v) is 6.06. The maximum atomic E-state index is 14.0. The van der Waals surface area contributed by atoms with Gasteiger partial charge in [-0.15, -0.1) is 6.58 Å². The van der Waals surface area contributed by atoms with Crippen LogP contribution in [0.4, 0.5) is 0 Å². The highest BCUT2D eigenvalue weighted by Gasteiger charge is 2.34. The van der Waals surface area contributed by atoms with Gasteiger partial charge in [0.25, 0.3) is 5.56 Å². The first kappa shape index (κ1) is 28.8. The van der Waals surface area contributed by atoms with Gasteiger partial charge < -0.3 is 14.2 Å². The van der Waals surface area contributed by atoms with Crippen LogP contribution >= 0.6 is 11.3 Å². The van der Waals surface area contributed by atoms with Crippen LogP contribution in [0.2, 0.25) is 0 Å². The number of aromatic nitrogens is 1. The molecule has 0 bridgehead atoms. The SMILES string of the molecule is C=CCc1cc(/C=c2/sc3n(c2=O)[C@H](c2ccccc2OC)C(C(=O)OCC)=C(C)N=3)ccc1OCc1ccccc1. The Morgan fingerprint density at radius 2 is 1.83 bits per heavy atom. The molecule has 7 nitrogen and oxygen atoms in total. The molecule has 214 valence electrons. The number of thiazole rings is 1. The smallest absolute Gasteiger partial charge is 0.338 e. The molecule has 1 aromatic heterocycles. The van der Waals surface area contributed by atoms with Gasteiger partial charge in [0.2, 0.25) is 0 Å². The summed E-state index contributed by atoms with van der Waals surface area (Å²) < 4.78 is 19.2. The van der Waals surface area contributed by atoms with Crippen LogP contribution in [0.15, 0.2) is 107 Å². The molecule has 0 aliphatic carbocycles. The number of nitrogens with zero attached hydrogens (tertiary/aromatic N) is 2. The van der Waals surface area contributed by atoms with Crippen molar-refractivity contribution in [3.8, 4) is 11.5 Å². The Labute approximate surface area is 248 Å². The zero-order chi connectivity index (χ0) is 29.6. The van der Waals surface area contributed by atoms with Crippen molar-refractivity contribution in [3.05, 3.63) is 139 Å². The molecule has 0 fully saturated rings. The number of carbonyl (C=O) groups is 1. The van der Waals surface area contributed by atoms with E-state index in [4.69, 9.17) is 14.2 Å². The fourth-order valence-electron chi connectivity index (χ4n) is 5.01. The van der Waals surface area contributed by atoms with Gasteiger partial charge in [-0.1, -0.05) is 72.0 Å². The molecule has 1 aliphatic rings. The van der Waals surface area contributed by atoms with E-state index in [-0.39, 0.29) is 12.2 Å². The van der Waals surface area contributed by atoms with Crippen molar-refractivity contribution in [3.63, 3.8) is 0 Å². The Morgan fingerprint density at radius 3 is 2.57 bits per heavy atom. The quantitative estimate of drug-likeness (QED) is 0.192. The molecule has 3 aromatic carbocycles. The van der Waals surface area contributed by atoms with Crippen molar-refractivity contribution >= 4 is 23.4 Å².